The van der Waals surface area contributed by atoms with Crippen molar-refractivity contribution in [3.05, 3.63) is 58.8 Å². The monoisotopic (exact) mass is 348 g/mol. The SMILES string of the molecule is CC(C)(CO)C(CNc1cncc(Br)c1)c1ccccc1. The zero-order valence-electron chi connectivity index (χ0n) is 12.4. The number of aliphatic hydroxyl groups excluding tert-OH is 1. The van der Waals surface area contributed by atoms with Gasteiger partial charge in [0.1, 0.15) is 0 Å². The number of benzene rings is 1. The summed E-state index contributed by atoms with van der Waals surface area (Å²) in [5, 5.41) is 13.1. The molecule has 112 valence electrons. The second-order valence-corrected chi connectivity index (χ2v) is 6.80. The molecule has 0 saturated carbocycles. The first-order valence-corrected chi connectivity index (χ1v) is 7.82. The molecule has 4 heteroatoms. The van der Waals surface area contributed by atoms with Gasteiger partial charge in [0.15, 0.2) is 0 Å². The van der Waals surface area contributed by atoms with Crippen molar-refractivity contribution >= 4 is 21.6 Å². The zero-order valence-corrected chi connectivity index (χ0v) is 14.0. The molecule has 2 rings (SSSR count). The highest BCUT2D eigenvalue weighted by Gasteiger charge is 2.30. The first kappa shape index (κ1) is 16.0. The van der Waals surface area contributed by atoms with Gasteiger partial charge in [-0.25, -0.2) is 0 Å². The van der Waals surface area contributed by atoms with E-state index in [4.69, 9.17) is 0 Å². The number of hydrogen-bond donors (Lipinski definition) is 2. The van der Waals surface area contributed by atoms with Crippen LogP contribution in [0.15, 0.2) is 53.3 Å². The Hall–Kier alpha value is -1.39. The summed E-state index contributed by atoms with van der Waals surface area (Å²) in [6.07, 6.45) is 3.57. The molecular formula is C17H21BrN2O. The predicted octanol–water partition coefficient (Wildman–Crippen LogP) is 4.06. The first-order chi connectivity index (χ1) is 10.0. The summed E-state index contributed by atoms with van der Waals surface area (Å²) in [7, 11) is 0. The summed E-state index contributed by atoms with van der Waals surface area (Å²) in [6, 6.07) is 12.3. The average Bonchev–Trinajstić information content (AvgIpc) is 2.48. The van der Waals surface area contributed by atoms with Gasteiger partial charge in [-0.2, -0.15) is 0 Å². The smallest absolute Gasteiger partial charge is 0.0538 e. The Kier molecular flexibility index (Phi) is 5.37. The Morgan fingerprint density at radius 2 is 1.95 bits per heavy atom. The van der Waals surface area contributed by atoms with E-state index in [-0.39, 0.29) is 17.9 Å². The van der Waals surface area contributed by atoms with Crippen LogP contribution in [-0.4, -0.2) is 23.2 Å². The number of aliphatic hydroxyl groups is 1. The molecule has 1 unspecified atom stereocenters. The van der Waals surface area contributed by atoms with Gasteiger partial charge in [-0.3, -0.25) is 4.98 Å². The number of aromatic nitrogens is 1. The van der Waals surface area contributed by atoms with Crippen LogP contribution in [0.2, 0.25) is 0 Å². The van der Waals surface area contributed by atoms with Gasteiger partial charge in [0.2, 0.25) is 0 Å². The maximum Gasteiger partial charge on any atom is 0.0538 e. The first-order valence-electron chi connectivity index (χ1n) is 7.03. The normalized spacial score (nSPS) is 13.0. The molecule has 2 N–H and O–H groups in total. The lowest BCUT2D eigenvalue weighted by atomic mass is 9.75. The maximum absolute atomic E-state index is 9.72. The molecule has 1 aromatic carbocycles. The van der Waals surface area contributed by atoms with Crippen LogP contribution in [0.4, 0.5) is 5.69 Å². The predicted molar refractivity (Wildman–Crippen MR) is 90.5 cm³/mol. The molecule has 0 bridgehead atoms. The van der Waals surface area contributed by atoms with E-state index >= 15 is 0 Å². The van der Waals surface area contributed by atoms with Crippen molar-refractivity contribution in [1.29, 1.82) is 0 Å². The quantitative estimate of drug-likeness (QED) is 0.827. The van der Waals surface area contributed by atoms with Gasteiger partial charge in [0, 0.05) is 29.7 Å². The van der Waals surface area contributed by atoms with Crippen molar-refractivity contribution in [1.82, 2.24) is 4.98 Å². The maximum atomic E-state index is 9.72. The Bertz CT molecular complexity index is 572. The molecule has 0 saturated heterocycles. The van der Waals surface area contributed by atoms with Crippen LogP contribution in [0.3, 0.4) is 0 Å². The lowest BCUT2D eigenvalue weighted by molar-refractivity contribution is 0.134. The molecule has 1 aromatic heterocycles. The van der Waals surface area contributed by atoms with Gasteiger partial charge in [-0.05, 0) is 33.0 Å². The summed E-state index contributed by atoms with van der Waals surface area (Å²) in [6.45, 7) is 5.07. The summed E-state index contributed by atoms with van der Waals surface area (Å²) < 4.78 is 0.949. The zero-order chi connectivity index (χ0) is 15.3. The average molecular weight is 349 g/mol. The fourth-order valence-electron chi connectivity index (χ4n) is 2.37. The topological polar surface area (TPSA) is 45.1 Å². The van der Waals surface area contributed by atoms with E-state index < -0.39 is 0 Å². The van der Waals surface area contributed by atoms with Crippen LogP contribution in [-0.2, 0) is 0 Å². The molecule has 0 aliphatic rings. The third-order valence-corrected chi connectivity index (χ3v) is 4.20. The number of pyridine rings is 1. The summed E-state index contributed by atoms with van der Waals surface area (Å²) in [5.41, 5.74) is 2.00. The van der Waals surface area contributed by atoms with E-state index in [1.807, 2.05) is 24.3 Å². The minimum Gasteiger partial charge on any atom is -0.396 e. The Morgan fingerprint density at radius 3 is 2.57 bits per heavy atom. The van der Waals surface area contributed by atoms with Gasteiger partial charge >= 0.3 is 0 Å². The van der Waals surface area contributed by atoms with Crippen LogP contribution in [0.25, 0.3) is 0 Å². The Morgan fingerprint density at radius 1 is 1.24 bits per heavy atom. The van der Waals surface area contributed by atoms with Crippen molar-refractivity contribution in [2.45, 2.75) is 19.8 Å². The number of nitrogens with one attached hydrogen (secondary N) is 1. The molecule has 3 nitrogen and oxygen atoms in total. The molecule has 0 spiro atoms. The third-order valence-electron chi connectivity index (χ3n) is 3.77. The van der Waals surface area contributed by atoms with Crippen molar-refractivity contribution in [3.63, 3.8) is 0 Å². The second-order valence-electron chi connectivity index (χ2n) is 5.88. The molecule has 0 amide bonds. The van der Waals surface area contributed by atoms with Gasteiger partial charge in [-0.1, -0.05) is 44.2 Å². The lowest BCUT2D eigenvalue weighted by Crippen LogP contribution is -2.31. The highest BCUT2D eigenvalue weighted by atomic mass is 79.9. The molecule has 0 fully saturated rings. The fraction of sp³-hybridized carbons (Fsp3) is 0.353. The second kappa shape index (κ2) is 7.05. The lowest BCUT2D eigenvalue weighted by Gasteiger charge is -2.33. The Labute approximate surface area is 134 Å². The van der Waals surface area contributed by atoms with E-state index in [2.05, 4.69) is 52.2 Å². The van der Waals surface area contributed by atoms with Crippen molar-refractivity contribution in [3.8, 4) is 0 Å². The molecule has 2 aromatic rings. The van der Waals surface area contributed by atoms with Crippen LogP contribution in [0.5, 0.6) is 0 Å². The number of rotatable bonds is 6. The van der Waals surface area contributed by atoms with Gasteiger partial charge in [0.25, 0.3) is 0 Å². The minimum atomic E-state index is -0.201. The molecule has 1 heterocycles. The van der Waals surface area contributed by atoms with Gasteiger partial charge in [0.05, 0.1) is 11.9 Å². The minimum absolute atomic E-state index is 0.144. The third kappa shape index (κ3) is 4.29. The highest BCUT2D eigenvalue weighted by molar-refractivity contribution is 9.10. The molecular weight excluding hydrogens is 328 g/mol. The summed E-state index contributed by atoms with van der Waals surface area (Å²) in [5.74, 6) is 0.211. The van der Waals surface area contributed by atoms with Crippen LogP contribution >= 0.6 is 15.9 Å². The number of nitrogens with zero attached hydrogens (tertiary/aromatic N) is 1. The van der Waals surface area contributed by atoms with Crippen molar-refractivity contribution in [2.24, 2.45) is 5.41 Å². The van der Waals surface area contributed by atoms with Crippen LogP contribution < -0.4 is 5.32 Å². The van der Waals surface area contributed by atoms with Gasteiger partial charge < -0.3 is 10.4 Å². The van der Waals surface area contributed by atoms with Crippen molar-refractivity contribution < 1.29 is 5.11 Å². The molecule has 0 aliphatic heterocycles. The summed E-state index contributed by atoms with van der Waals surface area (Å²) in [4.78, 5) is 4.16. The fourth-order valence-corrected chi connectivity index (χ4v) is 2.73. The van der Waals surface area contributed by atoms with E-state index in [9.17, 15) is 5.11 Å². The molecule has 0 aliphatic carbocycles. The van der Waals surface area contributed by atoms with Crippen LogP contribution in [0.1, 0.15) is 25.3 Å². The molecule has 1 atom stereocenters. The standard InChI is InChI=1S/C17H21BrN2O/c1-17(2,12-21)16(13-6-4-3-5-7-13)11-20-15-8-14(18)9-19-10-15/h3-10,16,20-21H,11-12H2,1-2H3. The van der Waals surface area contributed by atoms with E-state index in [1.54, 1.807) is 12.4 Å². The Balaban J connectivity index is 2.17. The van der Waals surface area contributed by atoms with Crippen LogP contribution in [0, 0.1) is 5.41 Å². The van der Waals surface area contributed by atoms with E-state index in [0.29, 0.717) is 0 Å². The van der Waals surface area contributed by atoms with Gasteiger partial charge in [-0.15, -0.1) is 0 Å². The largest absolute Gasteiger partial charge is 0.396 e. The van der Waals surface area contributed by atoms with E-state index in [1.165, 1.54) is 5.56 Å². The highest BCUT2D eigenvalue weighted by Crippen LogP contribution is 2.35. The summed E-state index contributed by atoms with van der Waals surface area (Å²) >= 11 is 3.42. The number of anilines is 1. The number of hydrogen-bond acceptors (Lipinski definition) is 3. The van der Waals surface area contributed by atoms with Crippen molar-refractivity contribution in [2.75, 3.05) is 18.5 Å². The molecule has 21 heavy (non-hydrogen) atoms. The molecule has 0 radical (unpaired) electrons. The number of halogens is 1. The van der Waals surface area contributed by atoms with E-state index in [0.717, 1.165) is 16.7 Å².